The van der Waals surface area contributed by atoms with Crippen LogP contribution in [-0.2, 0) is 0 Å². The van der Waals surface area contributed by atoms with Crippen LogP contribution < -0.4 is 16.4 Å². The number of hydrogen-bond donors (Lipinski definition) is 0. The van der Waals surface area contributed by atoms with E-state index in [9.17, 15) is 0 Å². The zero-order valence-corrected chi connectivity index (χ0v) is 54.9. The number of hydrogen-bond acceptors (Lipinski definition) is 4. The number of aryl methyl sites for hydroxylation is 3. The van der Waals surface area contributed by atoms with Crippen LogP contribution in [0.4, 0.5) is 0 Å². The molecule has 0 aliphatic rings. The van der Waals surface area contributed by atoms with Gasteiger partial charge in [0, 0.05) is 87.1 Å². The Morgan fingerprint density at radius 2 is 0.600 bits per heavy atom. The molecule has 0 aliphatic carbocycles. The minimum Gasteiger partial charge on any atom is -0.456 e. The van der Waals surface area contributed by atoms with Gasteiger partial charge in [-0.15, -0.1) is 0 Å². The van der Waals surface area contributed by atoms with E-state index < -0.39 is 0 Å². The molecule has 0 saturated carbocycles. The topological polar surface area (TPSA) is 71.8 Å². The van der Waals surface area contributed by atoms with E-state index >= 15 is 0 Å². The summed E-state index contributed by atoms with van der Waals surface area (Å²) in [5.74, 6) is 1.76. The Hall–Kier alpha value is -13.0. The molecule has 0 unspecified atom stereocenters. The summed E-state index contributed by atoms with van der Waals surface area (Å²) in [5.41, 5.74) is 25.9. The lowest BCUT2D eigenvalue weighted by Crippen LogP contribution is -2.54. The van der Waals surface area contributed by atoms with Gasteiger partial charge < -0.3 is 18.0 Å². The SMILES string of the molecule is Cc1cc(C)c(B(c2ccc3oc4ccc(-n5c6ccccc6c6cc7c(cc65)c5ccccc5n7-c5cccc(-c6ccccc6)n5)cc4c3c2)c2ccc3oc4ccc(-n5c6ccccc6c6cc7c(cc65)c5ccccc5n7-c5cccc(-c6ccccc6)n5)cc4c3c2)c(C)c1. The van der Waals surface area contributed by atoms with Crippen LogP contribution in [-0.4, -0.2) is 34.9 Å². The van der Waals surface area contributed by atoms with Gasteiger partial charge in [-0.3, -0.25) is 9.13 Å². The van der Waals surface area contributed by atoms with E-state index in [1.54, 1.807) is 0 Å². The quantitative estimate of drug-likeness (QED) is 0.135. The maximum atomic E-state index is 6.83. The smallest absolute Gasteiger partial charge is 0.241 e. The highest BCUT2D eigenvalue weighted by atomic mass is 16.3. The fraction of sp³-hybridized carbons (Fsp3) is 0.0330. The monoisotopic (exact) mass is 1280 g/mol. The Morgan fingerprint density at radius 1 is 0.260 bits per heavy atom. The third kappa shape index (κ3) is 8.42. The Labute approximate surface area is 574 Å². The molecule has 8 heterocycles. The van der Waals surface area contributed by atoms with Gasteiger partial charge in [0.15, 0.2) is 0 Å². The number of benzene rings is 13. The van der Waals surface area contributed by atoms with E-state index in [4.69, 9.17) is 18.8 Å². The highest BCUT2D eigenvalue weighted by Crippen LogP contribution is 2.44. The fourth-order valence-corrected chi connectivity index (χ4v) is 16.9. The predicted molar refractivity (Wildman–Crippen MR) is 417 cm³/mol. The van der Waals surface area contributed by atoms with Crippen molar-refractivity contribution in [1.29, 1.82) is 0 Å². The van der Waals surface area contributed by atoms with E-state index in [1.165, 1.54) is 76.2 Å². The van der Waals surface area contributed by atoms with Gasteiger partial charge in [0.1, 0.15) is 34.0 Å². The van der Waals surface area contributed by atoms with Crippen molar-refractivity contribution < 1.29 is 8.83 Å². The average molecular weight is 1280 g/mol. The van der Waals surface area contributed by atoms with E-state index in [2.05, 4.69) is 330 Å². The minimum absolute atomic E-state index is 0.133. The molecule has 8 aromatic heterocycles. The van der Waals surface area contributed by atoms with Crippen LogP contribution in [0, 0.1) is 20.8 Å². The Kier molecular flexibility index (Phi) is 12.1. The largest absolute Gasteiger partial charge is 0.456 e. The molecule has 21 rings (SSSR count). The molecule has 100 heavy (non-hydrogen) atoms. The summed E-state index contributed by atoms with van der Waals surface area (Å²) >= 11 is 0. The molecule has 8 nitrogen and oxygen atoms in total. The van der Waals surface area contributed by atoms with Crippen molar-refractivity contribution in [2.45, 2.75) is 20.8 Å². The van der Waals surface area contributed by atoms with Gasteiger partial charge in [-0.1, -0.05) is 215 Å². The number of rotatable bonds is 9. The van der Waals surface area contributed by atoms with Crippen molar-refractivity contribution in [2.75, 3.05) is 0 Å². The number of fused-ring (bicyclic) bond motifs is 18. The van der Waals surface area contributed by atoms with E-state index in [0.717, 1.165) is 134 Å². The third-order valence-corrected chi connectivity index (χ3v) is 21.2. The lowest BCUT2D eigenvalue weighted by molar-refractivity contribution is 0.668. The molecular weight excluding hydrogens is 1220 g/mol. The van der Waals surface area contributed by atoms with Crippen LogP contribution in [0.5, 0.6) is 0 Å². The second-order valence-electron chi connectivity index (χ2n) is 27.0. The van der Waals surface area contributed by atoms with Gasteiger partial charge in [0.05, 0.1) is 55.5 Å². The summed E-state index contributed by atoms with van der Waals surface area (Å²) in [7, 11) is 0. The number of furan rings is 2. The summed E-state index contributed by atoms with van der Waals surface area (Å²) < 4.78 is 23.2. The van der Waals surface area contributed by atoms with Crippen molar-refractivity contribution in [3.63, 3.8) is 0 Å². The highest BCUT2D eigenvalue weighted by Gasteiger charge is 2.29. The Bertz CT molecular complexity index is 6610. The average Bonchev–Trinajstić information content (AvgIpc) is 1.57. The van der Waals surface area contributed by atoms with Crippen LogP contribution in [0.25, 0.3) is 177 Å². The van der Waals surface area contributed by atoms with Gasteiger partial charge >= 0.3 is 0 Å². The summed E-state index contributed by atoms with van der Waals surface area (Å²) in [6.07, 6.45) is 0. The molecule has 468 valence electrons. The van der Waals surface area contributed by atoms with E-state index in [-0.39, 0.29) is 6.71 Å². The Balaban J connectivity index is 0.709. The van der Waals surface area contributed by atoms with Gasteiger partial charge in [0.25, 0.3) is 0 Å². The maximum absolute atomic E-state index is 6.83. The van der Waals surface area contributed by atoms with Crippen LogP contribution in [0.3, 0.4) is 0 Å². The van der Waals surface area contributed by atoms with E-state index in [1.807, 2.05) is 12.1 Å². The first-order chi connectivity index (χ1) is 49.3. The van der Waals surface area contributed by atoms with Crippen molar-refractivity contribution in [1.82, 2.24) is 28.2 Å². The summed E-state index contributed by atoms with van der Waals surface area (Å²) in [4.78, 5) is 10.6. The molecule has 0 aliphatic heterocycles. The molecule has 0 saturated heterocycles. The normalized spacial score (nSPS) is 12.2. The molecule has 0 bridgehead atoms. The number of pyridine rings is 2. The van der Waals surface area contributed by atoms with Crippen molar-refractivity contribution in [3.05, 3.63) is 320 Å². The molecule has 0 amide bonds. The molecule has 0 spiro atoms. The van der Waals surface area contributed by atoms with Crippen LogP contribution in [0.2, 0.25) is 0 Å². The van der Waals surface area contributed by atoms with Gasteiger partial charge in [0.2, 0.25) is 6.71 Å². The molecule has 0 atom stereocenters. The molecular formula is C91H59BN6O2. The zero-order valence-electron chi connectivity index (χ0n) is 54.9. The number of aromatic nitrogens is 6. The van der Waals surface area contributed by atoms with Crippen LogP contribution in [0.15, 0.2) is 312 Å². The summed E-state index contributed by atoms with van der Waals surface area (Å²) in [6.45, 7) is 6.61. The summed E-state index contributed by atoms with van der Waals surface area (Å²) in [6, 6.07) is 110. The highest BCUT2D eigenvalue weighted by molar-refractivity contribution is 6.96. The summed E-state index contributed by atoms with van der Waals surface area (Å²) in [5, 5.41) is 13.6. The predicted octanol–water partition coefficient (Wildman–Crippen LogP) is 21.4. The standard InChI is InChI=1S/C91H59BN6O2/c1-54-44-55(2)91(56(3)45-54)92(59-36-40-85-71(46-59)73-48-61(38-42-87(73)99-85)95-77-30-14-10-24-63(77)67-52-83-69(50-81(67)95)65-26-12-16-32-79(65)97(83)89-34-18-28-75(93-89)57-20-6-4-7-21-57)60-37-41-86-72(47-60)74-49-62(39-43-88(74)100-86)96-78-31-15-11-25-64(78)68-53-84-70(51-82(68)96)66-27-13-17-33-80(66)98(84)90-35-19-29-76(94-90)58-22-8-5-9-23-58/h4-53H,1-3H3. The van der Waals surface area contributed by atoms with Crippen molar-refractivity contribution in [2.24, 2.45) is 0 Å². The molecule has 21 aromatic rings. The first-order valence-electron chi connectivity index (χ1n) is 34.3. The van der Waals surface area contributed by atoms with Crippen molar-refractivity contribution in [3.8, 4) is 45.5 Å². The third-order valence-electron chi connectivity index (χ3n) is 21.2. The lowest BCUT2D eigenvalue weighted by atomic mass is 9.35. The van der Waals surface area contributed by atoms with Gasteiger partial charge in [-0.2, -0.15) is 0 Å². The molecule has 9 heteroatoms. The molecule has 0 fully saturated rings. The van der Waals surface area contributed by atoms with Crippen molar-refractivity contribution >= 4 is 154 Å². The molecule has 0 radical (unpaired) electrons. The van der Waals surface area contributed by atoms with Crippen LogP contribution >= 0.6 is 0 Å². The van der Waals surface area contributed by atoms with Gasteiger partial charge in [-0.05, 0) is 142 Å². The Morgan fingerprint density at radius 3 is 1.00 bits per heavy atom. The zero-order chi connectivity index (χ0) is 66.0. The lowest BCUT2D eigenvalue weighted by Gasteiger charge is -2.21. The number of para-hydroxylation sites is 4. The second-order valence-corrected chi connectivity index (χ2v) is 27.0. The number of nitrogens with zero attached hydrogens (tertiary/aromatic N) is 6. The maximum Gasteiger partial charge on any atom is 0.241 e. The fourth-order valence-electron chi connectivity index (χ4n) is 16.9. The molecule has 0 N–H and O–H groups in total. The second kappa shape index (κ2) is 21.5. The first kappa shape index (κ1) is 56.2. The molecule has 13 aromatic carbocycles. The van der Waals surface area contributed by atoms with Gasteiger partial charge in [-0.25, -0.2) is 9.97 Å². The van der Waals surface area contributed by atoms with E-state index in [0.29, 0.717) is 0 Å². The minimum atomic E-state index is -0.133. The van der Waals surface area contributed by atoms with Crippen LogP contribution in [0.1, 0.15) is 16.7 Å². The first-order valence-corrected chi connectivity index (χ1v) is 34.3.